The van der Waals surface area contributed by atoms with Crippen LogP contribution < -0.4 is 9.64 Å². The fourth-order valence-corrected chi connectivity index (χ4v) is 3.12. The predicted octanol–water partition coefficient (Wildman–Crippen LogP) is 1.41. The molecule has 0 saturated carbocycles. The number of ether oxygens (including phenoxy) is 1. The topological polar surface area (TPSA) is 83.9 Å². The summed E-state index contributed by atoms with van der Waals surface area (Å²) in [6.45, 7) is 4.54. The molecule has 7 heteroatoms. The first-order valence-electron chi connectivity index (χ1n) is 6.78. The first-order chi connectivity index (χ1) is 9.83. The van der Waals surface area contributed by atoms with Gasteiger partial charge in [-0.2, -0.15) is 0 Å². The maximum Gasteiger partial charge on any atom is 0.339 e. The number of sulfone groups is 1. The summed E-state index contributed by atoms with van der Waals surface area (Å²) in [4.78, 5) is 13.1. The molecular formula is C14H19NO5S. The molecule has 0 atom stereocenters. The first-order valence-corrected chi connectivity index (χ1v) is 8.50. The number of nitrogens with zero attached hydrogens (tertiary/aromatic N) is 1. The van der Waals surface area contributed by atoms with E-state index in [-0.39, 0.29) is 11.3 Å². The minimum absolute atomic E-state index is 0.0431. The van der Waals surface area contributed by atoms with Gasteiger partial charge in [0.05, 0.1) is 23.2 Å². The van der Waals surface area contributed by atoms with E-state index < -0.39 is 21.1 Å². The van der Waals surface area contributed by atoms with Gasteiger partial charge in [-0.1, -0.05) is 6.07 Å². The van der Waals surface area contributed by atoms with Crippen molar-refractivity contribution in [3.63, 3.8) is 0 Å². The van der Waals surface area contributed by atoms with Crippen molar-refractivity contribution in [3.8, 4) is 5.75 Å². The summed E-state index contributed by atoms with van der Waals surface area (Å²) in [5.41, 5.74) is 0.740. The summed E-state index contributed by atoms with van der Waals surface area (Å²) in [7, 11) is -3.13. The number of para-hydroxylation sites is 1. The Kier molecular flexibility index (Phi) is 4.41. The van der Waals surface area contributed by atoms with Gasteiger partial charge < -0.3 is 14.7 Å². The Balaban J connectivity index is 2.23. The quantitative estimate of drug-likeness (QED) is 0.885. The van der Waals surface area contributed by atoms with Crippen molar-refractivity contribution in [2.75, 3.05) is 30.3 Å². The van der Waals surface area contributed by atoms with E-state index in [0.717, 1.165) is 0 Å². The van der Waals surface area contributed by atoms with Crippen LogP contribution in [0.2, 0.25) is 0 Å². The molecule has 0 bridgehead atoms. The molecule has 1 aromatic rings. The van der Waals surface area contributed by atoms with E-state index in [9.17, 15) is 13.2 Å². The summed E-state index contributed by atoms with van der Waals surface area (Å²) in [5.74, 6) is -0.691. The molecule has 0 amide bonds. The van der Waals surface area contributed by atoms with Crippen molar-refractivity contribution in [1.82, 2.24) is 0 Å². The van der Waals surface area contributed by atoms with Gasteiger partial charge in [-0.15, -0.1) is 0 Å². The largest absolute Gasteiger partial charge is 0.489 e. The maximum absolute atomic E-state index is 11.9. The number of rotatable bonds is 5. The highest BCUT2D eigenvalue weighted by molar-refractivity contribution is 7.92. The van der Waals surface area contributed by atoms with Crippen molar-refractivity contribution in [1.29, 1.82) is 0 Å². The van der Waals surface area contributed by atoms with Crippen molar-refractivity contribution >= 4 is 21.5 Å². The highest BCUT2D eigenvalue weighted by Crippen LogP contribution is 2.34. The second-order valence-corrected chi connectivity index (χ2v) is 7.89. The number of carbonyl (C=O) groups is 1. The van der Waals surface area contributed by atoms with E-state index in [1.165, 1.54) is 6.07 Å². The van der Waals surface area contributed by atoms with Crippen LogP contribution in [0.1, 0.15) is 24.2 Å². The Morgan fingerprint density at radius 2 is 2.14 bits per heavy atom. The van der Waals surface area contributed by atoms with Crippen molar-refractivity contribution < 1.29 is 23.1 Å². The Morgan fingerprint density at radius 3 is 2.76 bits per heavy atom. The number of aromatic carboxylic acids is 1. The van der Waals surface area contributed by atoms with Crippen LogP contribution in [0.15, 0.2) is 18.2 Å². The molecule has 0 radical (unpaired) electrons. The molecule has 1 aliphatic rings. The van der Waals surface area contributed by atoms with Gasteiger partial charge >= 0.3 is 5.97 Å². The molecular weight excluding hydrogens is 294 g/mol. The van der Waals surface area contributed by atoms with Gasteiger partial charge in [0, 0.05) is 6.54 Å². The minimum Gasteiger partial charge on any atom is -0.489 e. The van der Waals surface area contributed by atoms with E-state index in [4.69, 9.17) is 9.84 Å². The average Bonchev–Trinajstić information content (AvgIpc) is 2.44. The van der Waals surface area contributed by atoms with E-state index >= 15 is 0 Å². The third-order valence-electron chi connectivity index (χ3n) is 3.54. The lowest BCUT2D eigenvalue weighted by Crippen LogP contribution is -2.37. The lowest BCUT2D eigenvalue weighted by molar-refractivity contribution is 0.0692. The Bertz CT molecular complexity index is 639. The normalized spacial score (nSPS) is 14.7. The fourth-order valence-electron chi connectivity index (χ4n) is 2.18. The van der Waals surface area contributed by atoms with Crippen LogP contribution in [0.3, 0.4) is 0 Å². The summed E-state index contributed by atoms with van der Waals surface area (Å²) in [6, 6.07) is 4.87. The van der Waals surface area contributed by atoms with E-state index in [0.29, 0.717) is 31.1 Å². The number of benzene rings is 1. The molecule has 0 aliphatic carbocycles. The van der Waals surface area contributed by atoms with Gasteiger partial charge in [0.25, 0.3) is 0 Å². The molecule has 0 saturated heterocycles. The molecule has 0 unspecified atom stereocenters. The Labute approximate surface area is 124 Å². The van der Waals surface area contributed by atoms with E-state index in [1.54, 1.807) is 26.0 Å². The molecule has 0 fully saturated rings. The number of hydrogen-bond acceptors (Lipinski definition) is 5. The summed E-state index contributed by atoms with van der Waals surface area (Å²) in [6.07, 6.45) is 0. The van der Waals surface area contributed by atoms with Crippen LogP contribution in [0.25, 0.3) is 0 Å². The SMILES string of the molecule is CC(C)S(=O)(=O)CCN1CCOc2c(C(=O)O)cccc21. The van der Waals surface area contributed by atoms with Gasteiger partial charge in [-0.05, 0) is 26.0 Å². The molecule has 1 N–H and O–H groups in total. The van der Waals surface area contributed by atoms with Crippen LogP contribution in [0, 0.1) is 0 Å². The summed E-state index contributed by atoms with van der Waals surface area (Å²) < 4.78 is 29.3. The fraction of sp³-hybridized carbons (Fsp3) is 0.500. The van der Waals surface area contributed by atoms with Crippen molar-refractivity contribution in [2.24, 2.45) is 0 Å². The van der Waals surface area contributed by atoms with Gasteiger partial charge in [0.2, 0.25) is 0 Å². The zero-order valence-electron chi connectivity index (χ0n) is 12.1. The van der Waals surface area contributed by atoms with Crippen LogP contribution in [-0.4, -0.2) is 50.2 Å². The van der Waals surface area contributed by atoms with E-state index in [1.807, 2.05) is 4.90 Å². The van der Waals surface area contributed by atoms with Gasteiger partial charge in [0.15, 0.2) is 15.6 Å². The summed E-state index contributed by atoms with van der Waals surface area (Å²) >= 11 is 0. The Morgan fingerprint density at radius 1 is 1.43 bits per heavy atom. The van der Waals surface area contributed by atoms with Crippen molar-refractivity contribution in [3.05, 3.63) is 23.8 Å². The molecule has 1 aromatic carbocycles. The number of fused-ring (bicyclic) bond motifs is 1. The minimum atomic E-state index is -3.13. The second-order valence-electron chi connectivity index (χ2n) is 5.21. The van der Waals surface area contributed by atoms with Crippen LogP contribution in [0.4, 0.5) is 5.69 Å². The highest BCUT2D eigenvalue weighted by Gasteiger charge is 2.25. The smallest absolute Gasteiger partial charge is 0.339 e. The number of carboxylic acids is 1. The van der Waals surface area contributed by atoms with E-state index in [2.05, 4.69) is 0 Å². The molecule has 0 spiro atoms. The van der Waals surface area contributed by atoms with Gasteiger partial charge in [0.1, 0.15) is 12.2 Å². The monoisotopic (exact) mass is 313 g/mol. The van der Waals surface area contributed by atoms with Crippen LogP contribution in [0.5, 0.6) is 5.75 Å². The maximum atomic E-state index is 11.9. The third-order valence-corrected chi connectivity index (χ3v) is 5.72. The average molecular weight is 313 g/mol. The number of anilines is 1. The number of hydrogen-bond donors (Lipinski definition) is 1. The van der Waals surface area contributed by atoms with Crippen LogP contribution >= 0.6 is 0 Å². The van der Waals surface area contributed by atoms with Crippen molar-refractivity contribution in [2.45, 2.75) is 19.1 Å². The number of carboxylic acid groups (broad SMARTS) is 1. The lowest BCUT2D eigenvalue weighted by atomic mass is 10.1. The first kappa shape index (κ1) is 15.6. The van der Waals surface area contributed by atoms with Crippen LogP contribution in [-0.2, 0) is 9.84 Å². The van der Waals surface area contributed by atoms with Gasteiger partial charge in [-0.3, -0.25) is 0 Å². The standard InChI is InChI=1S/C14H19NO5S/c1-10(2)21(18,19)9-7-15-6-8-20-13-11(14(16)17)4-3-5-12(13)15/h3-5,10H,6-9H2,1-2H3,(H,16,17). The second kappa shape index (κ2) is 5.93. The molecule has 1 heterocycles. The zero-order valence-corrected chi connectivity index (χ0v) is 12.9. The lowest BCUT2D eigenvalue weighted by Gasteiger charge is -2.32. The van der Waals surface area contributed by atoms with Gasteiger partial charge in [-0.25, -0.2) is 13.2 Å². The summed E-state index contributed by atoms with van der Waals surface area (Å²) in [5, 5.41) is 8.75. The predicted molar refractivity (Wildman–Crippen MR) is 80.0 cm³/mol. The molecule has 116 valence electrons. The third kappa shape index (κ3) is 3.29. The molecule has 1 aliphatic heterocycles. The Hall–Kier alpha value is -1.76. The molecule has 21 heavy (non-hydrogen) atoms. The molecule has 0 aromatic heterocycles. The molecule has 2 rings (SSSR count). The molecule has 6 nitrogen and oxygen atoms in total. The highest BCUT2D eigenvalue weighted by atomic mass is 32.2. The zero-order chi connectivity index (χ0) is 15.6.